The molecule has 0 aliphatic carbocycles. The number of nitrogens with zero attached hydrogens (tertiary/aromatic N) is 3. The topological polar surface area (TPSA) is 167 Å². The maximum atomic E-state index is 12.5. The molecule has 2 aromatic rings. The van der Waals surface area contributed by atoms with Crippen molar-refractivity contribution in [1.82, 2.24) is 4.90 Å². The first-order valence-corrected chi connectivity index (χ1v) is 7.82. The Bertz CT molecular complexity index is 1060. The third kappa shape index (κ3) is 3.05. The van der Waals surface area contributed by atoms with Crippen molar-refractivity contribution in [3.8, 4) is 0 Å². The van der Waals surface area contributed by atoms with Gasteiger partial charge in [0.2, 0.25) is 0 Å². The summed E-state index contributed by atoms with van der Waals surface area (Å²) in [4.78, 5) is 57.8. The van der Waals surface area contributed by atoms with Crippen LogP contribution in [-0.2, 0) is 6.42 Å². The second kappa shape index (κ2) is 6.54. The van der Waals surface area contributed by atoms with Crippen LogP contribution in [0.4, 0.5) is 17.1 Å². The molecule has 28 heavy (non-hydrogen) atoms. The number of nitro benzene ring substituents is 2. The molecule has 0 atom stereocenters. The average molecular weight is 384 g/mol. The Kier molecular flexibility index (Phi) is 4.35. The number of Topliss-reactive ketones (excluding diaryl/α,β-unsaturated/α-hetero) is 1. The zero-order valence-corrected chi connectivity index (χ0v) is 14.4. The highest BCUT2D eigenvalue weighted by atomic mass is 16.6. The van der Waals surface area contributed by atoms with Gasteiger partial charge in [-0.2, -0.15) is 0 Å². The Hall–Kier alpha value is -4.15. The summed E-state index contributed by atoms with van der Waals surface area (Å²) in [5, 5.41) is 21.9. The summed E-state index contributed by atoms with van der Waals surface area (Å²) in [5.74, 6) is -1.76. The Morgan fingerprint density at radius 1 is 1.00 bits per heavy atom. The van der Waals surface area contributed by atoms with Gasteiger partial charge in [0.15, 0.2) is 5.78 Å². The Labute approximate surface area is 156 Å². The van der Waals surface area contributed by atoms with E-state index in [0.717, 1.165) is 23.1 Å². The number of rotatable bonds is 5. The first-order chi connectivity index (χ1) is 13.1. The van der Waals surface area contributed by atoms with Crippen LogP contribution in [-0.4, -0.2) is 39.4 Å². The van der Waals surface area contributed by atoms with Crippen LogP contribution in [0.1, 0.15) is 36.6 Å². The number of carbonyl (C=O) groups excluding carboxylic acids is 3. The Morgan fingerprint density at radius 2 is 1.57 bits per heavy atom. The number of benzene rings is 2. The van der Waals surface area contributed by atoms with Gasteiger partial charge in [0.05, 0.1) is 27.0 Å². The molecule has 11 heteroatoms. The highest BCUT2D eigenvalue weighted by Crippen LogP contribution is 2.29. The predicted molar refractivity (Wildman–Crippen MR) is 95.1 cm³/mol. The van der Waals surface area contributed by atoms with E-state index in [-0.39, 0.29) is 28.8 Å². The van der Waals surface area contributed by atoms with Crippen molar-refractivity contribution in [1.29, 1.82) is 0 Å². The summed E-state index contributed by atoms with van der Waals surface area (Å²) >= 11 is 0. The van der Waals surface area contributed by atoms with Gasteiger partial charge in [-0.15, -0.1) is 0 Å². The molecule has 1 aliphatic heterocycles. The minimum Gasteiger partial charge on any atom is -0.398 e. The number of imide groups is 1. The molecule has 1 heterocycles. The van der Waals surface area contributed by atoms with Crippen molar-refractivity contribution in [3.63, 3.8) is 0 Å². The highest BCUT2D eigenvalue weighted by Gasteiger charge is 2.35. The molecular formula is C17H12N4O7. The van der Waals surface area contributed by atoms with Gasteiger partial charge in [-0.1, -0.05) is 0 Å². The lowest BCUT2D eigenvalue weighted by atomic mass is 9.97. The molecule has 11 nitrogen and oxygen atoms in total. The minimum absolute atomic E-state index is 0.0213. The van der Waals surface area contributed by atoms with Gasteiger partial charge in [0.25, 0.3) is 23.2 Å². The van der Waals surface area contributed by atoms with Gasteiger partial charge in [-0.3, -0.25) is 39.5 Å². The van der Waals surface area contributed by atoms with Crippen molar-refractivity contribution in [3.05, 3.63) is 72.8 Å². The summed E-state index contributed by atoms with van der Waals surface area (Å²) in [6, 6.07) is 5.33. The van der Waals surface area contributed by atoms with Gasteiger partial charge < -0.3 is 5.73 Å². The minimum atomic E-state index is -0.836. The van der Waals surface area contributed by atoms with Gasteiger partial charge >= 0.3 is 0 Å². The molecule has 0 aromatic heterocycles. The molecule has 0 spiro atoms. The summed E-state index contributed by atoms with van der Waals surface area (Å²) in [6.07, 6.45) is -0.318. The van der Waals surface area contributed by atoms with Crippen molar-refractivity contribution in [2.24, 2.45) is 0 Å². The smallest absolute Gasteiger partial charge is 0.277 e. The second-order valence-electron chi connectivity index (χ2n) is 6.13. The van der Waals surface area contributed by atoms with Gasteiger partial charge in [0, 0.05) is 36.9 Å². The van der Waals surface area contributed by atoms with Crippen LogP contribution >= 0.6 is 0 Å². The summed E-state index contributed by atoms with van der Waals surface area (Å²) in [5.41, 5.74) is 4.86. The number of hydrogen-bond donors (Lipinski definition) is 1. The SMILES string of the molecule is CN1C(=O)c2cc(CC(=O)c3cc([N+](=O)[O-])cc([N+](=O)[O-])c3)cc(N)c2C1=O. The largest absolute Gasteiger partial charge is 0.398 e. The van der Waals surface area contributed by atoms with E-state index in [4.69, 9.17) is 5.73 Å². The lowest BCUT2D eigenvalue weighted by Crippen LogP contribution is -2.24. The van der Waals surface area contributed by atoms with E-state index in [9.17, 15) is 34.6 Å². The lowest BCUT2D eigenvalue weighted by Gasteiger charge is -2.06. The molecule has 0 saturated heterocycles. The van der Waals surface area contributed by atoms with Crippen LogP contribution in [0.2, 0.25) is 0 Å². The first-order valence-electron chi connectivity index (χ1n) is 7.82. The number of hydrogen-bond acceptors (Lipinski definition) is 8. The van der Waals surface area contributed by atoms with E-state index < -0.39 is 38.8 Å². The zero-order valence-electron chi connectivity index (χ0n) is 14.4. The number of nitro groups is 2. The molecule has 0 saturated carbocycles. The number of amides is 2. The number of nitrogens with two attached hydrogens (primary N) is 1. The number of non-ortho nitro benzene ring substituents is 2. The second-order valence-corrected chi connectivity index (χ2v) is 6.13. The van der Waals surface area contributed by atoms with Gasteiger partial charge in [0.1, 0.15) is 0 Å². The monoisotopic (exact) mass is 384 g/mol. The average Bonchev–Trinajstić information content (AvgIpc) is 2.85. The molecular weight excluding hydrogens is 372 g/mol. The summed E-state index contributed by atoms with van der Waals surface area (Å²) in [7, 11) is 1.30. The van der Waals surface area contributed by atoms with E-state index in [1.807, 2.05) is 0 Å². The number of nitrogen functional groups attached to an aromatic ring is 1. The first kappa shape index (κ1) is 18.6. The molecule has 2 N–H and O–H groups in total. The fourth-order valence-electron chi connectivity index (χ4n) is 2.93. The third-order valence-electron chi connectivity index (χ3n) is 4.29. The van der Waals surface area contributed by atoms with Crippen molar-refractivity contribution in [2.75, 3.05) is 12.8 Å². The normalized spacial score (nSPS) is 12.8. The van der Waals surface area contributed by atoms with E-state index in [1.165, 1.54) is 19.2 Å². The molecule has 3 rings (SSSR count). The van der Waals surface area contributed by atoms with Crippen LogP contribution in [0.5, 0.6) is 0 Å². The number of anilines is 1. The van der Waals surface area contributed by atoms with Gasteiger partial charge in [-0.25, -0.2) is 0 Å². The number of carbonyl (C=O) groups is 3. The molecule has 1 aliphatic rings. The Balaban J connectivity index is 1.98. The Morgan fingerprint density at radius 3 is 2.11 bits per heavy atom. The van der Waals surface area contributed by atoms with Crippen LogP contribution in [0, 0.1) is 20.2 Å². The molecule has 0 fully saturated rings. The predicted octanol–water partition coefficient (Wildman–Crippen LogP) is 1.74. The maximum Gasteiger partial charge on any atom is 0.277 e. The van der Waals surface area contributed by atoms with Crippen LogP contribution in [0.3, 0.4) is 0 Å². The standard InChI is InChI=1S/C17H12N4O7/c1-19-16(23)12-2-8(3-13(18)15(12)17(19)24)4-14(22)9-5-10(20(25)26)7-11(6-9)21(27)28/h2-3,5-7H,4,18H2,1H3. The van der Waals surface area contributed by atoms with Crippen LogP contribution in [0.25, 0.3) is 0 Å². The fourth-order valence-corrected chi connectivity index (χ4v) is 2.93. The fraction of sp³-hybridized carbons (Fsp3) is 0.118. The quantitative estimate of drug-likeness (QED) is 0.267. The molecule has 0 radical (unpaired) electrons. The van der Waals surface area contributed by atoms with E-state index in [2.05, 4.69) is 0 Å². The zero-order chi connectivity index (χ0) is 20.7. The number of fused-ring (bicyclic) bond motifs is 1. The summed E-state index contributed by atoms with van der Waals surface area (Å²) < 4.78 is 0. The summed E-state index contributed by atoms with van der Waals surface area (Å²) in [6.45, 7) is 0. The number of ketones is 1. The maximum absolute atomic E-state index is 12.5. The lowest BCUT2D eigenvalue weighted by molar-refractivity contribution is -0.394. The van der Waals surface area contributed by atoms with Crippen molar-refractivity contribution in [2.45, 2.75) is 6.42 Å². The third-order valence-corrected chi connectivity index (χ3v) is 4.29. The molecule has 2 amide bonds. The van der Waals surface area contributed by atoms with Gasteiger partial charge in [-0.05, 0) is 17.7 Å². The van der Waals surface area contributed by atoms with E-state index in [1.54, 1.807) is 0 Å². The van der Waals surface area contributed by atoms with Crippen LogP contribution in [0.15, 0.2) is 30.3 Å². The van der Waals surface area contributed by atoms with Crippen molar-refractivity contribution >= 4 is 34.7 Å². The van der Waals surface area contributed by atoms with E-state index >= 15 is 0 Å². The van der Waals surface area contributed by atoms with Crippen molar-refractivity contribution < 1.29 is 24.2 Å². The molecule has 142 valence electrons. The molecule has 0 unspecified atom stereocenters. The van der Waals surface area contributed by atoms with Crippen LogP contribution < -0.4 is 5.73 Å². The highest BCUT2D eigenvalue weighted by molar-refractivity contribution is 6.23. The van der Waals surface area contributed by atoms with E-state index in [0.29, 0.717) is 5.56 Å². The molecule has 0 bridgehead atoms. The molecule has 2 aromatic carbocycles.